The molecule has 0 bridgehead atoms. The van der Waals surface area contributed by atoms with Crippen molar-refractivity contribution in [2.75, 3.05) is 0 Å². The third kappa shape index (κ3) is 3.55. The van der Waals surface area contributed by atoms with Crippen molar-refractivity contribution in [2.24, 2.45) is 0 Å². The Bertz CT molecular complexity index is 1200. The normalized spacial score (nSPS) is 13.1. The Balaban J connectivity index is 1.84. The van der Waals surface area contributed by atoms with Gasteiger partial charge in [0.25, 0.3) is 0 Å². The van der Waals surface area contributed by atoms with Crippen molar-refractivity contribution in [1.82, 2.24) is 0 Å². The van der Waals surface area contributed by atoms with Crippen molar-refractivity contribution in [2.45, 2.75) is 45.4 Å². The summed E-state index contributed by atoms with van der Waals surface area (Å²) in [4.78, 5) is 0. The second-order valence-electron chi connectivity index (χ2n) is 9.09. The van der Waals surface area contributed by atoms with E-state index in [1.165, 1.54) is 0 Å². The van der Waals surface area contributed by atoms with Gasteiger partial charge in [0.2, 0.25) is 0 Å². The Morgan fingerprint density at radius 3 is 2.03 bits per heavy atom. The number of hydrogen-bond donors (Lipinski definition) is 2. The van der Waals surface area contributed by atoms with E-state index in [-0.39, 0.29) is 17.1 Å². The van der Waals surface area contributed by atoms with Gasteiger partial charge in [-0.2, -0.15) is 0 Å². The van der Waals surface area contributed by atoms with Crippen LogP contribution in [0.2, 0.25) is 0 Å². The Labute approximate surface area is 172 Å². The number of fused-ring (bicyclic) bond motifs is 2. The van der Waals surface area contributed by atoms with Crippen LogP contribution in [0.25, 0.3) is 21.5 Å². The van der Waals surface area contributed by atoms with Gasteiger partial charge in [-0.25, -0.2) is 0 Å². The monoisotopic (exact) mass is 384 g/mol. The van der Waals surface area contributed by atoms with E-state index in [4.69, 9.17) is 0 Å². The van der Waals surface area contributed by atoms with Gasteiger partial charge in [0.05, 0.1) is 0 Å². The SMILES string of the molecule is CC(Cc1cc2ccccc2c(C(C)(C)C)c1O)c1cc(O)cc2ccccc12. The Kier molecular flexibility index (Phi) is 4.74. The zero-order chi connectivity index (χ0) is 20.8. The smallest absolute Gasteiger partial charge is 0.123 e. The summed E-state index contributed by atoms with van der Waals surface area (Å²) in [5, 5.41) is 25.9. The van der Waals surface area contributed by atoms with Crippen LogP contribution < -0.4 is 0 Å². The molecule has 148 valence electrons. The van der Waals surface area contributed by atoms with Crippen molar-refractivity contribution in [1.29, 1.82) is 0 Å². The van der Waals surface area contributed by atoms with Crippen LogP contribution in [0.1, 0.15) is 50.3 Å². The quantitative estimate of drug-likeness (QED) is 0.397. The molecule has 4 aromatic carbocycles. The van der Waals surface area contributed by atoms with E-state index in [9.17, 15) is 10.2 Å². The van der Waals surface area contributed by atoms with Crippen LogP contribution in [0.5, 0.6) is 11.5 Å². The van der Waals surface area contributed by atoms with Crippen LogP contribution in [-0.2, 0) is 11.8 Å². The highest BCUT2D eigenvalue weighted by molar-refractivity contribution is 5.90. The van der Waals surface area contributed by atoms with Crippen molar-refractivity contribution in [3.63, 3.8) is 0 Å². The summed E-state index contributed by atoms with van der Waals surface area (Å²) in [6.07, 6.45) is 0.702. The average Bonchev–Trinajstić information content (AvgIpc) is 2.66. The predicted octanol–water partition coefficient (Wildman–Crippen LogP) is 7.05. The van der Waals surface area contributed by atoms with Crippen LogP contribution >= 0.6 is 0 Å². The molecule has 0 spiro atoms. The maximum Gasteiger partial charge on any atom is 0.123 e. The molecule has 1 atom stereocenters. The van der Waals surface area contributed by atoms with Gasteiger partial charge in [0, 0.05) is 5.56 Å². The van der Waals surface area contributed by atoms with Gasteiger partial charge >= 0.3 is 0 Å². The first-order valence-electron chi connectivity index (χ1n) is 10.2. The summed E-state index contributed by atoms with van der Waals surface area (Å²) in [7, 11) is 0. The molecule has 1 unspecified atom stereocenters. The molecule has 29 heavy (non-hydrogen) atoms. The lowest BCUT2D eigenvalue weighted by Gasteiger charge is -2.25. The Hall–Kier alpha value is -3.00. The zero-order valence-electron chi connectivity index (χ0n) is 17.5. The minimum absolute atomic E-state index is 0.145. The van der Waals surface area contributed by atoms with Crippen LogP contribution in [0.4, 0.5) is 0 Å². The summed E-state index contributed by atoms with van der Waals surface area (Å²) >= 11 is 0. The molecule has 4 rings (SSSR count). The summed E-state index contributed by atoms with van der Waals surface area (Å²) in [5.41, 5.74) is 2.89. The number of benzene rings is 4. The number of phenols is 2. The molecular formula is C27H28O2. The van der Waals surface area contributed by atoms with Crippen LogP contribution in [0.15, 0.2) is 66.7 Å². The molecule has 2 heteroatoms. The highest BCUT2D eigenvalue weighted by Gasteiger charge is 2.24. The van der Waals surface area contributed by atoms with Gasteiger partial charge in [-0.3, -0.25) is 0 Å². The standard InChI is InChI=1S/C27H28O2/c1-17(24-16-21(28)15-19-10-5-7-11-22(19)24)13-20-14-18-9-6-8-12-23(18)25(26(20)29)27(2,3)4/h5-12,14-17,28-29H,13H2,1-4H3. The van der Waals surface area contributed by atoms with E-state index in [1.54, 1.807) is 6.07 Å². The largest absolute Gasteiger partial charge is 0.508 e. The van der Waals surface area contributed by atoms with Gasteiger partial charge < -0.3 is 10.2 Å². The van der Waals surface area contributed by atoms with E-state index in [0.717, 1.165) is 38.2 Å². The zero-order valence-corrected chi connectivity index (χ0v) is 17.5. The maximum absolute atomic E-state index is 11.2. The van der Waals surface area contributed by atoms with Gasteiger partial charge in [-0.1, -0.05) is 76.2 Å². The first-order valence-corrected chi connectivity index (χ1v) is 10.2. The molecule has 0 aliphatic heterocycles. The van der Waals surface area contributed by atoms with E-state index in [0.29, 0.717) is 12.2 Å². The molecular weight excluding hydrogens is 356 g/mol. The van der Waals surface area contributed by atoms with Crippen molar-refractivity contribution < 1.29 is 10.2 Å². The molecule has 2 N–H and O–H groups in total. The second kappa shape index (κ2) is 7.11. The first kappa shape index (κ1) is 19.3. The predicted molar refractivity (Wildman–Crippen MR) is 122 cm³/mol. The number of rotatable bonds is 3. The van der Waals surface area contributed by atoms with Crippen molar-refractivity contribution in [3.8, 4) is 11.5 Å². The second-order valence-corrected chi connectivity index (χ2v) is 9.09. The molecule has 0 saturated carbocycles. The van der Waals surface area contributed by atoms with E-state index >= 15 is 0 Å². The molecule has 0 fully saturated rings. The van der Waals surface area contributed by atoms with Crippen LogP contribution in [0, 0.1) is 0 Å². The summed E-state index contributed by atoms with van der Waals surface area (Å²) < 4.78 is 0. The first-order chi connectivity index (χ1) is 13.8. The molecule has 4 aromatic rings. The highest BCUT2D eigenvalue weighted by atomic mass is 16.3. The van der Waals surface area contributed by atoms with E-state index in [1.807, 2.05) is 36.4 Å². The lowest BCUT2D eigenvalue weighted by Crippen LogP contribution is -2.13. The van der Waals surface area contributed by atoms with Gasteiger partial charge in [0.1, 0.15) is 11.5 Å². The molecule has 0 aliphatic rings. The average molecular weight is 385 g/mol. The van der Waals surface area contributed by atoms with Crippen molar-refractivity contribution in [3.05, 3.63) is 83.4 Å². The van der Waals surface area contributed by atoms with Crippen LogP contribution in [0.3, 0.4) is 0 Å². The summed E-state index contributed by atoms with van der Waals surface area (Å²) in [6.45, 7) is 8.59. The maximum atomic E-state index is 11.2. The number of aromatic hydroxyl groups is 2. The van der Waals surface area contributed by atoms with E-state index < -0.39 is 0 Å². The van der Waals surface area contributed by atoms with Gasteiger partial charge in [-0.05, 0) is 68.6 Å². The Morgan fingerprint density at radius 2 is 1.38 bits per heavy atom. The molecule has 0 heterocycles. The molecule has 0 radical (unpaired) electrons. The molecule has 0 amide bonds. The summed E-state index contributed by atoms with van der Waals surface area (Å²) in [6, 6.07) is 22.2. The number of phenolic OH excluding ortho intramolecular Hbond substituents is 2. The van der Waals surface area contributed by atoms with Gasteiger partial charge in [-0.15, -0.1) is 0 Å². The third-order valence-electron chi connectivity index (χ3n) is 5.79. The Morgan fingerprint density at radius 1 is 0.793 bits per heavy atom. The fourth-order valence-corrected chi connectivity index (χ4v) is 4.48. The summed E-state index contributed by atoms with van der Waals surface area (Å²) in [5.74, 6) is 0.822. The van der Waals surface area contributed by atoms with Crippen LogP contribution in [-0.4, -0.2) is 10.2 Å². The van der Waals surface area contributed by atoms with Gasteiger partial charge in [0.15, 0.2) is 0 Å². The minimum Gasteiger partial charge on any atom is -0.508 e. The highest BCUT2D eigenvalue weighted by Crippen LogP contribution is 2.41. The molecule has 0 saturated heterocycles. The molecule has 0 aromatic heterocycles. The molecule has 2 nitrogen and oxygen atoms in total. The topological polar surface area (TPSA) is 40.5 Å². The fourth-order valence-electron chi connectivity index (χ4n) is 4.48. The number of hydrogen-bond acceptors (Lipinski definition) is 2. The lowest BCUT2D eigenvalue weighted by molar-refractivity contribution is 0.441. The fraction of sp³-hybridized carbons (Fsp3) is 0.259. The minimum atomic E-state index is -0.166. The third-order valence-corrected chi connectivity index (χ3v) is 5.79. The lowest BCUT2D eigenvalue weighted by atomic mass is 9.80. The molecule has 0 aliphatic carbocycles. The van der Waals surface area contributed by atoms with E-state index in [2.05, 4.69) is 52.0 Å². The van der Waals surface area contributed by atoms with Crippen molar-refractivity contribution >= 4 is 21.5 Å².